The van der Waals surface area contributed by atoms with Crippen LogP contribution in [0.15, 0.2) is 16.7 Å². The summed E-state index contributed by atoms with van der Waals surface area (Å²) < 4.78 is 10.3. The molecule has 2 aliphatic rings. The van der Waals surface area contributed by atoms with Gasteiger partial charge in [0.2, 0.25) is 5.91 Å². The normalized spacial score (nSPS) is 20.6. The van der Waals surface area contributed by atoms with Crippen LogP contribution in [-0.4, -0.2) is 53.1 Å². The minimum Gasteiger partial charge on any atom is -0.469 e. The molecule has 0 saturated carbocycles. The molecule has 2 aromatic rings. The van der Waals surface area contributed by atoms with E-state index in [9.17, 15) is 19.2 Å². The number of ether oxygens (including phenoxy) is 1. The number of piperidine rings is 1. The minimum atomic E-state index is -0.516. The number of fused-ring (bicyclic) bond motifs is 1. The number of esters is 1. The Morgan fingerprint density at radius 3 is 2.84 bits per heavy atom. The minimum absolute atomic E-state index is 0.100. The predicted octanol–water partition coefficient (Wildman–Crippen LogP) is 2.84. The third-order valence-electron chi connectivity index (χ3n) is 5.85. The number of likely N-dealkylation sites (tertiary alicyclic amines) is 1. The molecule has 170 valence electrons. The Labute approximate surface area is 189 Å². The number of amides is 2. The van der Waals surface area contributed by atoms with E-state index in [-0.39, 0.29) is 35.9 Å². The Kier molecular flexibility index (Phi) is 6.40. The number of furan rings is 1. The molecule has 4 rings (SSSR count). The van der Waals surface area contributed by atoms with Crippen molar-refractivity contribution in [3.8, 4) is 0 Å². The summed E-state index contributed by atoms with van der Waals surface area (Å²) in [6, 6.07) is 1.57. The topological polar surface area (TPSA) is 119 Å². The van der Waals surface area contributed by atoms with Gasteiger partial charge in [-0.05, 0) is 32.8 Å². The first-order valence-corrected chi connectivity index (χ1v) is 11.5. The SMILES string of the molecule is CCOC(=O)C1CCCN(C(=O)C2CC(=O)c3sc(NC(=O)c4ccoc4C)nc3C2)C1. The molecule has 2 unspecified atom stereocenters. The van der Waals surface area contributed by atoms with Crippen molar-refractivity contribution in [2.45, 2.75) is 39.5 Å². The Balaban J connectivity index is 1.43. The molecule has 0 bridgehead atoms. The van der Waals surface area contributed by atoms with Crippen LogP contribution in [0.5, 0.6) is 0 Å². The molecule has 9 nitrogen and oxygen atoms in total. The molecule has 2 atom stereocenters. The lowest BCUT2D eigenvalue weighted by molar-refractivity contribution is -0.152. The zero-order valence-corrected chi connectivity index (χ0v) is 18.8. The number of nitrogens with one attached hydrogen (secondary N) is 1. The summed E-state index contributed by atoms with van der Waals surface area (Å²) in [5.74, 6) is -1.27. The summed E-state index contributed by atoms with van der Waals surface area (Å²) in [6.07, 6.45) is 3.29. The summed E-state index contributed by atoms with van der Waals surface area (Å²) in [5.41, 5.74) is 0.932. The fraction of sp³-hybridized carbons (Fsp3) is 0.500. The molecule has 0 aromatic carbocycles. The highest BCUT2D eigenvalue weighted by Gasteiger charge is 2.37. The predicted molar refractivity (Wildman–Crippen MR) is 116 cm³/mol. The van der Waals surface area contributed by atoms with Gasteiger partial charge in [-0.2, -0.15) is 0 Å². The maximum atomic E-state index is 13.1. The number of ketones is 1. The third-order valence-corrected chi connectivity index (χ3v) is 6.90. The van der Waals surface area contributed by atoms with E-state index < -0.39 is 5.92 Å². The van der Waals surface area contributed by atoms with Crippen molar-refractivity contribution < 1.29 is 28.3 Å². The van der Waals surface area contributed by atoms with Gasteiger partial charge >= 0.3 is 5.97 Å². The second kappa shape index (κ2) is 9.23. The van der Waals surface area contributed by atoms with E-state index in [1.54, 1.807) is 24.8 Å². The second-order valence-corrected chi connectivity index (χ2v) is 9.04. The van der Waals surface area contributed by atoms with E-state index >= 15 is 0 Å². The van der Waals surface area contributed by atoms with Crippen molar-refractivity contribution >= 4 is 40.0 Å². The van der Waals surface area contributed by atoms with Crippen LogP contribution >= 0.6 is 11.3 Å². The van der Waals surface area contributed by atoms with E-state index in [0.29, 0.717) is 59.6 Å². The van der Waals surface area contributed by atoms with Crippen molar-refractivity contribution in [3.63, 3.8) is 0 Å². The van der Waals surface area contributed by atoms with Gasteiger partial charge in [-0.3, -0.25) is 24.5 Å². The Morgan fingerprint density at radius 1 is 1.31 bits per heavy atom. The first-order chi connectivity index (χ1) is 15.4. The van der Waals surface area contributed by atoms with Crippen LogP contribution in [0.3, 0.4) is 0 Å². The van der Waals surface area contributed by atoms with E-state index in [1.165, 1.54) is 6.26 Å². The monoisotopic (exact) mass is 459 g/mol. The molecule has 32 heavy (non-hydrogen) atoms. The number of rotatable bonds is 5. The van der Waals surface area contributed by atoms with Crippen molar-refractivity contribution in [3.05, 3.63) is 34.2 Å². The molecule has 2 aromatic heterocycles. The largest absolute Gasteiger partial charge is 0.469 e. The fourth-order valence-corrected chi connectivity index (χ4v) is 5.17. The smallest absolute Gasteiger partial charge is 0.310 e. The van der Waals surface area contributed by atoms with Crippen LogP contribution in [0, 0.1) is 18.8 Å². The number of aryl methyl sites for hydroxylation is 1. The number of carbonyl (C=O) groups is 4. The molecule has 3 heterocycles. The standard InChI is InChI=1S/C22H25N3O6S/c1-3-30-21(29)13-5-4-7-25(11-13)20(28)14-9-16-18(17(26)10-14)32-22(23-16)24-19(27)15-6-8-31-12(15)2/h6,8,13-14H,3-5,7,9-11H2,1-2H3,(H,23,24,27). The highest BCUT2D eigenvalue weighted by Crippen LogP contribution is 2.34. The van der Waals surface area contributed by atoms with Crippen LogP contribution in [0.2, 0.25) is 0 Å². The van der Waals surface area contributed by atoms with E-state index in [4.69, 9.17) is 9.15 Å². The van der Waals surface area contributed by atoms with Gasteiger partial charge in [0.1, 0.15) is 5.76 Å². The second-order valence-electron chi connectivity index (χ2n) is 8.04. The quantitative estimate of drug-likeness (QED) is 0.683. The molecule has 2 amide bonds. The lowest BCUT2D eigenvalue weighted by atomic mass is 9.87. The maximum Gasteiger partial charge on any atom is 0.310 e. The van der Waals surface area contributed by atoms with Crippen LogP contribution in [0.25, 0.3) is 0 Å². The Morgan fingerprint density at radius 2 is 2.12 bits per heavy atom. The molecule has 1 saturated heterocycles. The van der Waals surface area contributed by atoms with Crippen LogP contribution in [0.1, 0.15) is 57.7 Å². The number of nitrogens with zero attached hydrogens (tertiary/aromatic N) is 2. The number of hydrogen-bond acceptors (Lipinski definition) is 8. The van der Waals surface area contributed by atoms with Crippen molar-refractivity contribution in [1.82, 2.24) is 9.88 Å². The Hall–Kier alpha value is -3.01. The van der Waals surface area contributed by atoms with Crippen LogP contribution in [-0.2, 0) is 20.7 Å². The average molecular weight is 460 g/mol. The van der Waals surface area contributed by atoms with Crippen LogP contribution < -0.4 is 5.32 Å². The summed E-state index contributed by atoms with van der Waals surface area (Å²) in [7, 11) is 0. The summed E-state index contributed by atoms with van der Waals surface area (Å²) >= 11 is 1.12. The van der Waals surface area contributed by atoms with Gasteiger partial charge in [0, 0.05) is 25.9 Å². The van der Waals surface area contributed by atoms with Gasteiger partial charge in [-0.1, -0.05) is 11.3 Å². The summed E-state index contributed by atoms with van der Waals surface area (Å²) in [6.45, 7) is 4.64. The molecular weight excluding hydrogens is 434 g/mol. The van der Waals surface area contributed by atoms with Gasteiger partial charge in [0.05, 0.1) is 40.8 Å². The number of anilines is 1. The number of hydrogen-bond donors (Lipinski definition) is 1. The molecule has 1 N–H and O–H groups in total. The first kappa shape index (κ1) is 22.2. The van der Waals surface area contributed by atoms with Gasteiger partial charge in [-0.15, -0.1) is 0 Å². The van der Waals surface area contributed by atoms with E-state index in [1.807, 2.05) is 0 Å². The highest BCUT2D eigenvalue weighted by atomic mass is 32.1. The van der Waals surface area contributed by atoms with Gasteiger partial charge < -0.3 is 14.1 Å². The van der Waals surface area contributed by atoms with Crippen LogP contribution in [0.4, 0.5) is 5.13 Å². The lowest BCUT2D eigenvalue weighted by Crippen LogP contribution is -2.46. The number of carbonyl (C=O) groups excluding carboxylic acids is 4. The first-order valence-electron chi connectivity index (χ1n) is 10.7. The van der Waals surface area contributed by atoms with Crippen molar-refractivity contribution in [2.75, 3.05) is 25.0 Å². The lowest BCUT2D eigenvalue weighted by Gasteiger charge is -2.34. The molecule has 0 radical (unpaired) electrons. The fourth-order valence-electron chi connectivity index (χ4n) is 4.23. The third kappa shape index (κ3) is 4.45. The van der Waals surface area contributed by atoms with Crippen molar-refractivity contribution in [1.29, 1.82) is 0 Å². The highest BCUT2D eigenvalue weighted by molar-refractivity contribution is 7.17. The van der Waals surface area contributed by atoms with Crippen molar-refractivity contribution in [2.24, 2.45) is 11.8 Å². The maximum absolute atomic E-state index is 13.1. The summed E-state index contributed by atoms with van der Waals surface area (Å²) in [4.78, 5) is 56.9. The number of thiazole rings is 1. The molecule has 1 aliphatic heterocycles. The van der Waals surface area contributed by atoms with Gasteiger partial charge in [-0.25, -0.2) is 4.98 Å². The molecule has 10 heteroatoms. The Bertz CT molecular complexity index is 1060. The zero-order chi connectivity index (χ0) is 22.8. The molecule has 0 spiro atoms. The number of Topliss-reactive ketones (excluding diaryl/α,β-unsaturated/α-hetero) is 1. The molecule has 1 aliphatic carbocycles. The summed E-state index contributed by atoms with van der Waals surface area (Å²) in [5, 5.41) is 3.03. The zero-order valence-electron chi connectivity index (χ0n) is 18.0. The number of aromatic nitrogens is 1. The molecule has 1 fully saturated rings. The van der Waals surface area contributed by atoms with E-state index in [0.717, 1.165) is 17.8 Å². The average Bonchev–Trinajstić information content (AvgIpc) is 3.39. The molecular formula is C22H25N3O6S. The van der Waals surface area contributed by atoms with E-state index in [2.05, 4.69) is 10.3 Å². The van der Waals surface area contributed by atoms with Gasteiger partial charge in [0.25, 0.3) is 5.91 Å². The van der Waals surface area contributed by atoms with Gasteiger partial charge in [0.15, 0.2) is 10.9 Å².